The number of carbonyl (C=O) groups is 2. The molecule has 1 aromatic carbocycles. The van der Waals surface area contributed by atoms with E-state index >= 15 is 0 Å². The highest BCUT2D eigenvalue weighted by Gasteiger charge is 2.36. The maximum atomic E-state index is 13.3. The molecule has 0 aliphatic carbocycles. The minimum atomic E-state index is -0.572. The van der Waals surface area contributed by atoms with Crippen molar-refractivity contribution in [1.82, 2.24) is 9.80 Å². The molecule has 1 aliphatic heterocycles. The van der Waals surface area contributed by atoms with Gasteiger partial charge in [0.25, 0.3) is 5.91 Å². The summed E-state index contributed by atoms with van der Waals surface area (Å²) in [5, 5.41) is -0.0843. The maximum Gasteiger partial charge on any atom is 0.410 e. The average molecular weight is 371 g/mol. The number of ether oxygens (including phenoxy) is 1. The maximum absolute atomic E-state index is 13.3. The molecule has 1 aromatic rings. The van der Waals surface area contributed by atoms with Gasteiger partial charge in [0.1, 0.15) is 11.4 Å². The Morgan fingerprint density at radius 1 is 1.16 bits per heavy atom. The van der Waals surface area contributed by atoms with Crippen molar-refractivity contribution in [2.45, 2.75) is 52.3 Å². The number of rotatable bonds is 1. The summed E-state index contributed by atoms with van der Waals surface area (Å²) in [6, 6.07) is 3.55. The predicted molar refractivity (Wildman–Crippen MR) is 94.3 cm³/mol. The second kappa shape index (κ2) is 7.20. The molecule has 2 rings (SSSR count). The summed E-state index contributed by atoms with van der Waals surface area (Å²) in [6.45, 7) is 9.93. The molecule has 0 spiro atoms. The van der Waals surface area contributed by atoms with Gasteiger partial charge in [-0.05, 0) is 52.8 Å². The Labute approximate surface area is 152 Å². The van der Waals surface area contributed by atoms with E-state index in [0.717, 1.165) is 0 Å². The molecule has 138 valence electrons. The molecule has 1 fully saturated rings. The smallest absolute Gasteiger partial charge is 0.410 e. The van der Waals surface area contributed by atoms with Crippen molar-refractivity contribution in [2.75, 3.05) is 13.1 Å². The van der Waals surface area contributed by atoms with Gasteiger partial charge in [0, 0.05) is 30.7 Å². The van der Waals surface area contributed by atoms with Crippen LogP contribution in [0.3, 0.4) is 0 Å². The molecule has 2 amide bonds. The summed E-state index contributed by atoms with van der Waals surface area (Å²) in [4.78, 5) is 28.4. The molecule has 0 radical (unpaired) electrons. The quantitative estimate of drug-likeness (QED) is 0.752. The van der Waals surface area contributed by atoms with Crippen LogP contribution >= 0.6 is 11.6 Å². The SMILES string of the molecule is C[C@@H]1CN(C(=O)OC(C)(C)C)[C@@H](C)CN1C(=O)c1ccc(F)c(Cl)c1. The molecule has 0 bridgehead atoms. The van der Waals surface area contributed by atoms with Crippen LogP contribution in [0.5, 0.6) is 0 Å². The van der Waals surface area contributed by atoms with E-state index in [4.69, 9.17) is 16.3 Å². The van der Waals surface area contributed by atoms with Gasteiger partial charge in [-0.2, -0.15) is 0 Å². The predicted octanol–water partition coefficient (Wildman–Crippen LogP) is 3.95. The van der Waals surface area contributed by atoms with Crippen molar-refractivity contribution in [3.63, 3.8) is 0 Å². The van der Waals surface area contributed by atoms with Gasteiger partial charge < -0.3 is 14.5 Å². The molecular weight excluding hydrogens is 347 g/mol. The van der Waals surface area contributed by atoms with Crippen LogP contribution in [-0.4, -0.2) is 52.6 Å². The number of benzene rings is 1. The van der Waals surface area contributed by atoms with Gasteiger partial charge in [0.15, 0.2) is 0 Å². The molecule has 0 N–H and O–H groups in total. The molecule has 0 aromatic heterocycles. The first-order valence-corrected chi connectivity index (χ1v) is 8.63. The third-order valence-electron chi connectivity index (χ3n) is 4.04. The van der Waals surface area contributed by atoms with Gasteiger partial charge >= 0.3 is 6.09 Å². The summed E-state index contributed by atoms with van der Waals surface area (Å²) in [7, 11) is 0. The Kier molecular flexibility index (Phi) is 5.62. The normalized spacial score (nSPS) is 21.2. The fourth-order valence-corrected chi connectivity index (χ4v) is 2.96. The molecule has 7 heteroatoms. The Morgan fingerprint density at radius 3 is 2.28 bits per heavy atom. The first-order chi connectivity index (χ1) is 11.5. The van der Waals surface area contributed by atoms with Crippen molar-refractivity contribution in [2.24, 2.45) is 0 Å². The fourth-order valence-electron chi connectivity index (χ4n) is 2.78. The highest BCUT2D eigenvalue weighted by molar-refractivity contribution is 6.31. The van der Waals surface area contributed by atoms with Crippen molar-refractivity contribution in [3.05, 3.63) is 34.6 Å². The third-order valence-corrected chi connectivity index (χ3v) is 4.33. The van der Waals surface area contributed by atoms with Crippen LogP contribution in [0.4, 0.5) is 9.18 Å². The molecule has 0 unspecified atom stereocenters. The van der Waals surface area contributed by atoms with Crippen LogP contribution < -0.4 is 0 Å². The number of hydrogen-bond acceptors (Lipinski definition) is 3. The van der Waals surface area contributed by atoms with Crippen molar-refractivity contribution < 1.29 is 18.7 Å². The first-order valence-electron chi connectivity index (χ1n) is 8.25. The summed E-state index contributed by atoms with van der Waals surface area (Å²) < 4.78 is 18.7. The number of amides is 2. The summed E-state index contributed by atoms with van der Waals surface area (Å²) in [6.07, 6.45) is -0.385. The van der Waals surface area contributed by atoms with E-state index in [2.05, 4.69) is 0 Å². The molecule has 5 nitrogen and oxygen atoms in total. The van der Waals surface area contributed by atoms with E-state index in [0.29, 0.717) is 18.7 Å². The third kappa shape index (κ3) is 4.63. The van der Waals surface area contributed by atoms with Crippen LogP contribution in [0.15, 0.2) is 18.2 Å². The molecule has 1 saturated heterocycles. The Balaban J connectivity index is 2.12. The minimum absolute atomic E-state index is 0.0843. The zero-order valence-corrected chi connectivity index (χ0v) is 15.9. The lowest BCUT2D eigenvalue weighted by Crippen LogP contribution is -2.60. The summed E-state index contributed by atoms with van der Waals surface area (Å²) in [5.74, 6) is -0.792. The highest BCUT2D eigenvalue weighted by atomic mass is 35.5. The minimum Gasteiger partial charge on any atom is -0.444 e. The molecule has 25 heavy (non-hydrogen) atoms. The van der Waals surface area contributed by atoms with Gasteiger partial charge in [-0.15, -0.1) is 0 Å². The van der Waals surface area contributed by atoms with E-state index < -0.39 is 11.4 Å². The van der Waals surface area contributed by atoms with E-state index in [1.807, 2.05) is 34.6 Å². The van der Waals surface area contributed by atoms with Gasteiger partial charge in [0.05, 0.1) is 5.02 Å². The van der Waals surface area contributed by atoms with E-state index in [9.17, 15) is 14.0 Å². The summed E-state index contributed by atoms with van der Waals surface area (Å²) >= 11 is 5.77. The second-order valence-corrected chi connectivity index (χ2v) is 7.82. The van der Waals surface area contributed by atoms with Crippen LogP contribution in [0.25, 0.3) is 0 Å². The number of piperazine rings is 1. The summed E-state index contributed by atoms with van der Waals surface area (Å²) in [5.41, 5.74) is -0.242. The molecule has 2 atom stereocenters. The van der Waals surface area contributed by atoms with Crippen LogP contribution in [0.1, 0.15) is 45.0 Å². The average Bonchev–Trinajstić information content (AvgIpc) is 2.49. The lowest BCUT2D eigenvalue weighted by molar-refractivity contribution is -0.00788. The number of nitrogens with zero attached hydrogens (tertiary/aromatic N) is 2. The monoisotopic (exact) mass is 370 g/mol. The van der Waals surface area contributed by atoms with Crippen LogP contribution in [-0.2, 0) is 4.74 Å². The zero-order chi connectivity index (χ0) is 18.9. The topological polar surface area (TPSA) is 49.9 Å². The van der Waals surface area contributed by atoms with Gasteiger partial charge in [-0.25, -0.2) is 9.18 Å². The molecule has 1 aliphatic rings. The van der Waals surface area contributed by atoms with Crippen LogP contribution in [0, 0.1) is 5.82 Å². The highest BCUT2D eigenvalue weighted by Crippen LogP contribution is 2.23. The molecule has 1 heterocycles. The Bertz CT molecular complexity index is 675. The first kappa shape index (κ1) is 19.5. The Morgan fingerprint density at radius 2 is 1.72 bits per heavy atom. The van der Waals surface area contributed by atoms with Crippen molar-refractivity contribution in [1.29, 1.82) is 0 Å². The van der Waals surface area contributed by atoms with E-state index in [-0.39, 0.29) is 29.1 Å². The number of hydrogen-bond donors (Lipinski definition) is 0. The second-order valence-electron chi connectivity index (χ2n) is 7.42. The van der Waals surface area contributed by atoms with Crippen molar-refractivity contribution >= 4 is 23.6 Å². The van der Waals surface area contributed by atoms with Crippen molar-refractivity contribution in [3.8, 4) is 0 Å². The van der Waals surface area contributed by atoms with E-state index in [1.165, 1.54) is 18.2 Å². The standard InChI is InChI=1S/C18H24ClFN2O3/c1-11-10-22(17(24)25-18(3,4)5)12(2)9-21(11)16(23)13-6-7-15(20)14(19)8-13/h6-8,11-12H,9-10H2,1-5H3/t11-,12+/m1/s1. The van der Waals surface area contributed by atoms with Gasteiger partial charge in [0.2, 0.25) is 0 Å². The van der Waals surface area contributed by atoms with Crippen LogP contribution in [0.2, 0.25) is 5.02 Å². The van der Waals surface area contributed by atoms with E-state index in [1.54, 1.807) is 9.80 Å². The Hall–Kier alpha value is -1.82. The number of carbonyl (C=O) groups excluding carboxylic acids is 2. The molecular formula is C18H24ClFN2O3. The fraction of sp³-hybridized carbons (Fsp3) is 0.556. The lowest BCUT2D eigenvalue weighted by Gasteiger charge is -2.44. The number of halogens is 2. The zero-order valence-electron chi connectivity index (χ0n) is 15.2. The van der Waals surface area contributed by atoms with Gasteiger partial charge in [-0.1, -0.05) is 11.6 Å². The largest absolute Gasteiger partial charge is 0.444 e. The lowest BCUT2D eigenvalue weighted by atomic mass is 10.1. The van der Waals surface area contributed by atoms with Gasteiger partial charge in [-0.3, -0.25) is 4.79 Å². The molecule has 0 saturated carbocycles.